The highest BCUT2D eigenvalue weighted by Gasteiger charge is 2.48. The Labute approximate surface area is 209 Å². The Morgan fingerprint density at radius 2 is 2.23 bits per heavy atom. The summed E-state index contributed by atoms with van der Waals surface area (Å²) in [7, 11) is 1.27. The number of fused-ring (bicyclic) bond motifs is 2. The Hall–Kier alpha value is -2.86. The Kier molecular flexibility index (Phi) is 6.58. The Bertz CT molecular complexity index is 1220. The summed E-state index contributed by atoms with van der Waals surface area (Å²) in [6.07, 6.45) is 2.10. The fraction of sp³-hybridized carbons (Fsp3) is 0.391. The fourth-order valence-corrected chi connectivity index (χ4v) is 5.81. The van der Waals surface area contributed by atoms with E-state index in [0.717, 1.165) is 0 Å². The van der Waals surface area contributed by atoms with Crippen LogP contribution >= 0.6 is 22.9 Å². The first-order valence-electron chi connectivity index (χ1n) is 10.9. The molecule has 2 bridgehead atoms. The molecule has 2 aromatic rings. The number of aliphatic carboxylic acids is 1. The van der Waals surface area contributed by atoms with E-state index in [2.05, 4.69) is 15.2 Å². The summed E-state index contributed by atoms with van der Waals surface area (Å²) in [6.45, 7) is 0.934. The Morgan fingerprint density at radius 1 is 1.40 bits per heavy atom. The summed E-state index contributed by atoms with van der Waals surface area (Å²) in [4.78, 5) is 36.0. The molecule has 3 unspecified atom stereocenters. The molecule has 0 aliphatic carbocycles. The molecule has 2 fully saturated rings. The maximum Gasteiger partial charge on any atom is 0.338 e. The van der Waals surface area contributed by atoms with E-state index in [-0.39, 0.29) is 35.8 Å². The molecular formula is C23H22ClFN4O5S. The van der Waals surface area contributed by atoms with Crippen LogP contribution in [-0.2, 0) is 19.1 Å². The molecule has 4 atom stereocenters. The SMILES string of the molecule is COC(=O)C1=C(CN2C3COCC2C(C(=O)O)C3)NC(c2nccs2)=N[C@H]1c1ccc(F)cc1Cl. The topological polar surface area (TPSA) is 113 Å². The predicted molar refractivity (Wildman–Crippen MR) is 126 cm³/mol. The van der Waals surface area contributed by atoms with Crippen LogP contribution in [0.4, 0.5) is 4.39 Å². The van der Waals surface area contributed by atoms with Crippen LogP contribution in [-0.4, -0.2) is 71.7 Å². The van der Waals surface area contributed by atoms with Crippen molar-refractivity contribution in [3.63, 3.8) is 0 Å². The first-order valence-corrected chi connectivity index (χ1v) is 12.2. The zero-order valence-electron chi connectivity index (χ0n) is 18.6. The van der Waals surface area contributed by atoms with Crippen molar-refractivity contribution in [2.45, 2.75) is 24.5 Å². The number of hydrogen-bond acceptors (Lipinski definition) is 9. The van der Waals surface area contributed by atoms with Crippen molar-refractivity contribution in [2.24, 2.45) is 10.9 Å². The number of amidine groups is 1. The number of nitrogens with zero attached hydrogens (tertiary/aromatic N) is 3. The van der Waals surface area contributed by atoms with Crippen molar-refractivity contribution in [1.82, 2.24) is 15.2 Å². The van der Waals surface area contributed by atoms with Crippen LogP contribution in [0.2, 0.25) is 5.02 Å². The number of esters is 1. The number of rotatable bonds is 6. The van der Waals surface area contributed by atoms with Gasteiger partial charge in [0.05, 0.1) is 31.8 Å². The third kappa shape index (κ3) is 4.44. The number of aliphatic imine (C=N–C) groups is 1. The lowest BCUT2D eigenvalue weighted by atomic mass is 9.95. The van der Waals surface area contributed by atoms with Crippen molar-refractivity contribution in [3.05, 3.63) is 62.5 Å². The highest BCUT2D eigenvalue weighted by molar-refractivity contribution is 7.11. The summed E-state index contributed by atoms with van der Waals surface area (Å²) < 4.78 is 24.5. The lowest BCUT2D eigenvalue weighted by Gasteiger charge is -2.37. The second-order valence-electron chi connectivity index (χ2n) is 8.50. The Balaban J connectivity index is 1.60. The van der Waals surface area contributed by atoms with Gasteiger partial charge >= 0.3 is 11.9 Å². The molecule has 0 spiro atoms. The highest BCUT2D eigenvalue weighted by Crippen LogP contribution is 2.39. The van der Waals surface area contributed by atoms with E-state index in [1.807, 2.05) is 0 Å². The molecule has 3 aliphatic heterocycles. The van der Waals surface area contributed by atoms with E-state index < -0.39 is 29.7 Å². The minimum atomic E-state index is -0.875. The predicted octanol–water partition coefficient (Wildman–Crippen LogP) is 2.63. The number of methoxy groups -OCH3 is 1. The molecule has 0 saturated carbocycles. The van der Waals surface area contributed by atoms with Crippen LogP contribution in [0.15, 0.2) is 46.0 Å². The number of aromatic nitrogens is 1. The average Bonchev–Trinajstić information content (AvgIpc) is 3.42. The van der Waals surface area contributed by atoms with Crippen molar-refractivity contribution in [3.8, 4) is 0 Å². The molecule has 184 valence electrons. The summed E-state index contributed by atoms with van der Waals surface area (Å²) in [5.74, 6) is -2.13. The molecule has 3 aliphatic rings. The monoisotopic (exact) mass is 520 g/mol. The number of carbonyl (C=O) groups excluding carboxylic acids is 1. The smallest absolute Gasteiger partial charge is 0.338 e. The number of hydrogen-bond donors (Lipinski definition) is 2. The molecular weight excluding hydrogens is 499 g/mol. The van der Waals surface area contributed by atoms with Gasteiger partial charge in [-0.2, -0.15) is 0 Å². The molecule has 35 heavy (non-hydrogen) atoms. The number of carboxylic acids is 1. The number of morpholine rings is 1. The van der Waals surface area contributed by atoms with Crippen molar-refractivity contribution in [1.29, 1.82) is 0 Å². The number of carbonyl (C=O) groups is 2. The Morgan fingerprint density at radius 3 is 2.91 bits per heavy atom. The lowest BCUT2D eigenvalue weighted by Crippen LogP contribution is -2.50. The second-order valence-corrected chi connectivity index (χ2v) is 9.81. The molecule has 2 saturated heterocycles. The van der Waals surface area contributed by atoms with Crippen molar-refractivity contribution >= 4 is 40.7 Å². The maximum absolute atomic E-state index is 13.8. The van der Waals surface area contributed by atoms with Crippen molar-refractivity contribution in [2.75, 3.05) is 26.9 Å². The summed E-state index contributed by atoms with van der Waals surface area (Å²) >= 11 is 7.76. The normalized spacial score (nSPS) is 26.3. The fourth-order valence-electron chi connectivity index (χ4n) is 4.95. The summed E-state index contributed by atoms with van der Waals surface area (Å²) in [6, 6.07) is 2.60. The summed E-state index contributed by atoms with van der Waals surface area (Å²) in [5.41, 5.74) is 1.17. The number of carboxylic acid groups (broad SMARTS) is 1. The third-order valence-corrected chi connectivity index (χ3v) is 7.67. The second kappa shape index (κ2) is 9.65. The van der Waals surface area contributed by atoms with Gasteiger partial charge in [-0.05, 0) is 18.6 Å². The van der Waals surface area contributed by atoms with Gasteiger partial charge in [-0.3, -0.25) is 14.7 Å². The van der Waals surface area contributed by atoms with Gasteiger partial charge in [-0.25, -0.2) is 14.2 Å². The van der Waals surface area contributed by atoms with Crippen LogP contribution in [0.3, 0.4) is 0 Å². The van der Waals surface area contributed by atoms with E-state index >= 15 is 0 Å². The highest BCUT2D eigenvalue weighted by atomic mass is 35.5. The van der Waals surface area contributed by atoms with Gasteiger partial charge in [-0.15, -0.1) is 11.3 Å². The first-order chi connectivity index (χ1) is 16.9. The molecule has 1 aromatic carbocycles. The number of ether oxygens (including phenoxy) is 2. The number of thiazole rings is 1. The van der Waals surface area contributed by atoms with Crippen LogP contribution < -0.4 is 5.32 Å². The average molecular weight is 521 g/mol. The van der Waals surface area contributed by atoms with E-state index in [4.69, 9.17) is 26.1 Å². The van der Waals surface area contributed by atoms with Gasteiger partial charge in [0.25, 0.3) is 0 Å². The molecule has 12 heteroatoms. The standard InChI is InChI=1S/C23H22ClFN4O5S/c1-33-23(32)18-16(8-29-12-7-14(22(30)31)17(29)10-34-9-12)27-20(21-26-4-5-35-21)28-19(18)13-3-2-11(25)6-15(13)24/h2-6,12,14,17,19H,7-10H2,1H3,(H,27,28)(H,30,31)/t12?,14?,17?,19-/m0/s1. The largest absolute Gasteiger partial charge is 0.481 e. The molecule has 0 amide bonds. The molecule has 0 radical (unpaired) electrons. The van der Waals surface area contributed by atoms with Crippen molar-refractivity contribution < 1.29 is 28.6 Å². The molecule has 1 aromatic heterocycles. The minimum absolute atomic E-state index is 0.113. The lowest BCUT2D eigenvalue weighted by molar-refractivity contribution is -0.143. The number of nitrogens with one attached hydrogen (secondary N) is 1. The quantitative estimate of drug-likeness (QED) is 0.559. The van der Waals surface area contributed by atoms with Crippen LogP contribution in [0.1, 0.15) is 23.0 Å². The van der Waals surface area contributed by atoms with Gasteiger partial charge in [0.2, 0.25) is 0 Å². The van der Waals surface area contributed by atoms with Gasteiger partial charge in [0.1, 0.15) is 11.9 Å². The molecule has 2 N–H and O–H groups in total. The first kappa shape index (κ1) is 23.9. The minimum Gasteiger partial charge on any atom is -0.481 e. The molecule has 4 heterocycles. The van der Waals surface area contributed by atoms with E-state index in [0.29, 0.717) is 35.1 Å². The molecule has 9 nitrogen and oxygen atoms in total. The zero-order chi connectivity index (χ0) is 24.7. The van der Waals surface area contributed by atoms with Gasteiger partial charge in [0.15, 0.2) is 10.8 Å². The van der Waals surface area contributed by atoms with Gasteiger partial charge < -0.3 is 19.9 Å². The third-order valence-electron chi connectivity index (χ3n) is 6.57. The molecule has 5 rings (SSSR count). The van der Waals surface area contributed by atoms with E-state index in [1.165, 1.54) is 36.6 Å². The van der Waals surface area contributed by atoms with E-state index in [9.17, 15) is 19.1 Å². The van der Waals surface area contributed by atoms with Crippen LogP contribution in [0, 0.1) is 11.7 Å². The summed E-state index contributed by atoms with van der Waals surface area (Å²) in [5, 5.41) is 15.5. The maximum atomic E-state index is 13.8. The van der Waals surface area contributed by atoms with Crippen LogP contribution in [0.25, 0.3) is 0 Å². The number of halogens is 2. The van der Waals surface area contributed by atoms with Crippen LogP contribution in [0.5, 0.6) is 0 Å². The van der Waals surface area contributed by atoms with Gasteiger partial charge in [-0.1, -0.05) is 17.7 Å². The zero-order valence-corrected chi connectivity index (χ0v) is 20.2. The van der Waals surface area contributed by atoms with E-state index in [1.54, 1.807) is 11.6 Å². The number of benzene rings is 1. The van der Waals surface area contributed by atoms with Gasteiger partial charge in [0, 0.05) is 46.5 Å².